The number of nitrogens with one attached hydrogen (secondary N) is 1. The molecular formula is C17H25N3. The van der Waals surface area contributed by atoms with E-state index in [1.807, 2.05) is 65.0 Å². The van der Waals surface area contributed by atoms with Crippen molar-refractivity contribution in [2.24, 2.45) is 9.98 Å². The topological polar surface area (TPSA) is 36.8 Å². The van der Waals surface area contributed by atoms with E-state index in [1.165, 1.54) is 0 Å². The zero-order valence-electron chi connectivity index (χ0n) is 13.1. The molecule has 3 heteroatoms. The van der Waals surface area contributed by atoms with E-state index in [9.17, 15) is 0 Å². The van der Waals surface area contributed by atoms with Crippen LogP contribution in [0.1, 0.15) is 34.6 Å². The van der Waals surface area contributed by atoms with Crippen molar-refractivity contribution in [1.29, 1.82) is 0 Å². The third kappa shape index (κ3) is 5.22. The molecule has 0 bridgehead atoms. The van der Waals surface area contributed by atoms with Gasteiger partial charge in [-0.05, 0) is 20.8 Å². The van der Waals surface area contributed by atoms with E-state index in [-0.39, 0.29) is 0 Å². The summed E-state index contributed by atoms with van der Waals surface area (Å²) in [5.41, 5.74) is 1.90. The maximum atomic E-state index is 4.48. The van der Waals surface area contributed by atoms with Crippen molar-refractivity contribution in [3.63, 3.8) is 0 Å². The second-order valence-electron chi connectivity index (χ2n) is 3.58. The van der Waals surface area contributed by atoms with Gasteiger partial charge >= 0.3 is 0 Å². The van der Waals surface area contributed by atoms with Gasteiger partial charge in [-0.1, -0.05) is 56.9 Å². The Hall–Kier alpha value is -2.16. The SMILES string of the molecule is C=C/C=C(\C=C/C)C1=NC(=N/C=C\C)/C(=C\C)N1.CC. The van der Waals surface area contributed by atoms with Crippen LogP contribution in [0.3, 0.4) is 0 Å². The van der Waals surface area contributed by atoms with Crippen LogP contribution in [0.25, 0.3) is 0 Å². The van der Waals surface area contributed by atoms with Gasteiger partial charge in [0.1, 0.15) is 5.84 Å². The highest BCUT2D eigenvalue weighted by molar-refractivity contribution is 6.19. The molecule has 0 unspecified atom stereocenters. The summed E-state index contributed by atoms with van der Waals surface area (Å²) < 4.78 is 0. The number of rotatable bonds is 4. The lowest BCUT2D eigenvalue weighted by Crippen LogP contribution is -2.19. The number of hydrogen-bond donors (Lipinski definition) is 1. The fourth-order valence-electron chi connectivity index (χ4n) is 1.48. The molecule has 0 spiro atoms. The normalized spacial score (nSPS) is 19.2. The number of aliphatic imine (C=N–C) groups is 2. The summed E-state index contributed by atoms with van der Waals surface area (Å²) in [6.07, 6.45) is 13.2. The number of amidine groups is 2. The molecule has 0 aromatic heterocycles. The highest BCUT2D eigenvalue weighted by atomic mass is 15.1. The van der Waals surface area contributed by atoms with Crippen LogP contribution >= 0.6 is 0 Å². The predicted octanol–water partition coefficient (Wildman–Crippen LogP) is 4.54. The van der Waals surface area contributed by atoms with Gasteiger partial charge in [0.25, 0.3) is 0 Å². The Morgan fingerprint density at radius 1 is 1.20 bits per heavy atom. The molecule has 3 nitrogen and oxygen atoms in total. The van der Waals surface area contributed by atoms with Gasteiger partial charge < -0.3 is 5.32 Å². The average molecular weight is 271 g/mol. The number of nitrogens with zero attached hydrogens (tertiary/aromatic N) is 2. The standard InChI is InChI=1S/C15H19N3.C2H6/c1-5-9-12(10-6-2)14-17-13(8-4)15(18-14)16-11-7-3;1-2/h5-11H,1H2,2-4H3,(H,16,17,18);1-2H3/b10-6-,11-7-,12-9+,13-8+;. The first-order valence-corrected chi connectivity index (χ1v) is 6.94. The molecule has 1 N–H and O–H groups in total. The average Bonchev–Trinajstić information content (AvgIpc) is 2.90. The van der Waals surface area contributed by atoms with Crippen LogP contribution in [0.2, 0.25) is 0 Å². The highest BCUT2D eigenvalue weighted by Crippen LogP contribution is 2.12. The Balaban J connectivity index is 0.00000172. The summed E-state index contributed by atoms with van der Waals surface area (Å²) >= 11 is 0. The molecule has 108 valence electrons. The molecule has 0 aliphatic carbocycles. The lowest BCUT2D eigenvalue weighted by atomic mass is 10.2. The summed E-state index contributed by atoms with van der Waals surface area (Å²) in [5, 5.41) is 3.25. The van der Waals surface area contributed by atoms with Crippen LogP contribution < -0.4 is 5.32 Å². The predicted molar refractivity (Wildman–Crippen MR) is 91.0 cm³/mol. The molecular weight excluding hydrogens is 246 g/mol. The van der Waals surface area contributed by atoms with Crippen LogP contribution in [0.5, 0.6) is 0 Å². The fraction of sp³-hybridized carbons (Fsp3) is 0.294. The molecule has 0 fully saturated rings. The third-order valence-electron chi connectivity index (χ3n) is 2.26. The second kappa shape index (κ2) is 10.7. The molecule has 1 aliphatic rings. The van der Waals surface area contributed by atoms with E-state index < -0.39 is 0 Å². The van der Waals surface area contributed by atoms with Gasteiger partial charge in [0, 0.05) is 11.8 Å². The Labute approximate surface area is 122 Å². The minimum absolute atomic E-state index is 0.699. The second-order valence-corrected chi connectivity index (χ2v) is 3.58. The first-order valence-electron chi connectivity index (χ1n) is 6.94. The Morgan fingerprint density at radius 2 is 1.90 bits per heavy atom. The van der Waals surface area contributed by atoms with Gasteiger partial charge in [-0.2, -0.15) is 0 Å². The number of hydrogen-bond acceptors (Lipinski definition) is 2. The Kier molecular flexibility index (Phi) is 9.57. The summed E-state index contributed by atoms with van der Waals surface area (Å²) in [6.45, 7) is 13.6. The molecule has 0 aromatic carbocycles. The molecule has 0 saturated heterocycles. The maximum Gasteiger partial charge on any atom is 0.177 e. The quantitative estimate of drug-likeness (QED) is 0.749. The van der Waals surface area contributed by atoms with Crippen molar-refractivity contribution in [1.82, 2.24) is 5.32 Å². The molecule has 0 aromatic rings. The molecule has 0 atom stereocenters. The van der Waals surface area contributed by atoms with Gasteiger partial charge in [-0.15, -0.1) is 0 Å². The van der Waals surface area contributed by atoms with Crippen LogP contribution in [0.4, 0.5) is 0 Å². The molecule has 1 rings (SSSR count). The van der Waals surface area contributed by atoms with Crippen molar-refractivity contribution in [3.05, 3.63) is 60.5 Å². The zero-order valence-corrected chi connectivity index (χ0v) is 13.1. The van der Waals surface area contributed by atoms with E-state index in [1.54, 1.807) is 12.3 Å². The Morgan fingerprint density at radius 3 is 2.40 bits per heavy atom. The molecule has 1 heterocycles. The van der Waals surface area contributed by atoms with Crippen LogP contribution in [-0.2, 0) is 0 Å². The van der Waals surface area contributed by atoms with E-state index in [0.29, 0.717) is 5.84 Å². The molecule has 0 saturated carbocycles. The van der Waals surface area contributed by atoms with Crippen molar-refractivity contribution < 1.29 is 0 Å². The number of allylic oxidation sites excluding steroid dienone is 5. The summed E-state index contributed by atoms with van der Waals surface area (Å²) in [4.78, 5) is 8.77. The molecule has 20 heavy (non-hydrogen) atoms. The van der Waals surface area contributed by atoms with Crippen molar-refractivity contribution in [3.8, 4) is 0 Å². The van der Waals surface area contributed by atoms with Gasteiger partial charge in [0.15, 0.2) is 5.84 Å². The molecule has 0 radical (unpaired) electrons. The smallest absolute Gasteiger partial charge is 0.177 e. The molecule has 1 aliphatic heterocycles. The molecule has 0 amide bonds. The Bertz CT molecular complexity index is 486. The zero-order chi connectivity index (χ0) is 15.4. The summed E-state index contributed by atoms with van der Waals surface area (Å²) in [5.74, 6) is 1.49. The van der Waals surface area contributed by atoms with Crippen LogP contribution in [0, 0.1) is 0 Å². The van der Waals surface area contributed by atoms with Crippen molar-refractivity contribution in [2.75, 3.05) is 0 Å². The van der Waals surface area contributed by atoms with E-state index in [2.05, 4.69) is 21.9 Å². The van der Waals surface area contributed by atoms with Crippen LogP contribution in [-0.4, -0.2) is 11.7 Å². The van der Waals surface area contributed by atoms with E-state index in [4.69, 9.17) is 0 Å². The summed E-state index contributed by atoms with van der Waals surface area (Å²) in [6, 6.07) is 0. The fourth-order valence-corrected chi connectivity index (χ4v) is 1.48. The first kappa shape index (κ1) is 17.8. The summed E-state index contributed by atoms with van der Waals surface area (Å²) in [7, 11) is 0. The minimum Gasteiger partial charge on any atom is -0.337 e. The van der Waals surface area contributed by atoms with Gasteiger partial charge in [-0.3, -0.25) is 0 Å². The van der Waals surface area contributed by atoms with Crippen LogP contribution in [0.15, 0.2) is 70.5 Å². The lowest BCUT2D eigenvalue weighted by Gasteiger charge is -2.02. The monoisotopic (exact) mass is 271 g/mol. The van der Waals surface area contributed by atoms with Gasteiger partial charge in [0.05, 0.1) is 5.70 Å². The van der Waals surface area contributed by atoms with Gasteiger partial charge in [-0.25, -0.2) is 9.98 Å². The maximum absolute atomic E-state index is 4.48. The lowest BCUT2D eigenvalue weighted by molar-refractivity contribution is 1.23. The third-order valence-corrected chi connectivity index (χ3v) is 2.26. The van der Waals surface area contributed by atoms with Gasteiger partial charge in [0.2, 0.25) is 0 Å². The largest absolute Gasteiger partial charge is 0.337 e. The van der Waals surface area contributed by atoms with Crippen molar-refractivity contribution >= 4 is 11.7 Å². The first-order chi connectivity index (χ1) is 9.76. The van der Waals surface area contributed by atoms with E-state index in [0.717, 1.165) is 17.1 Å². The van der Waals surface area contributed by atoms with E-state index >= 15 is 0 Å². The minimum atomic E-state index is 0.699. The highest BCUT2D eigenvalue weighted by Gasteiger charge is 2.18. The van der Waals surface area contributed by atoms with Crippen molar-refractivity contribution in [2.45, 2.75) is 34.6 Å².